The molecule has 130 valence electrons. The van der Waals surface area contributed by atoms with Gasteiger partial charge in [0.05, 0.1) is 12.3 Å². The van der Waals surface area contributed by atoms with Gasteiger partial charge in [0.2, 0.25) is 0 Å². The van der Waals surface area contributed by atoms with Gasteiger partial charge in [-0.25, -0.2) is 0 Å². The van der Waals surface area contributed by atoms with Gasteiger partial charge in [-0.3, -0.25) is 0 Å². The Balaban J connectivity index is 1.98. The lowest BCUT2D eigenvalue weighted by Gasteiger charge is -2.44. The van der Waals surface area contributed by atoms with Gasteiger partial charge in [0.25, 0.3) is 0 Å². The molecule has 1 aliphatic heterocycles. The molecule has 0 bridgehead atoms. The molecule has 2 aromatic rings. The van der Waals surface area contributed by atoms with Gasteiger partial charge in [-0.15, -0.1) is 17.5 Å². The van der Waals surface area contributed by atoms with Crippen molar-refractivity contribution in [3.05, 3.63) is 60.2 Å². The summed E-state index contributed by atoms with van der Waals surface area (Å²) < 4.78 is 5.93. The van der Waals surface area contributed by atoms with Gasteiger partial charge in [-0.05, 0) is 24.1 Å². The maximum Gasteiger partial charge on any atom is 0.159 e. The van der Waals surface area contributed by atoms with Crippen LogP contribution in [0.5, 0.6) is 5.75 Å². The van der Waals surface area contributed by atoms with E-state index in [-0.39, 0.29) is 6.61 Å². The van der Waals surface area contributed by atoms with Crippen molar-refractivity contribution >= 4 is 17.3 Å². The Morgan fingerprint density at radius 2 is 1.88 bits per heavy atom. The third-order valence-corrected chi connectivity index (χ3v) is 4.61. The lowest BCUT2D eigenvalue weighted by atomic mass is 9.95. The molecule has 0 saturated carbocycles. The first-order valence-electron chi connectivity index (χ1n) is 8.49. The fraction of sp³-hybridized carbons (Fsp3) is 0.333. The van der Waals surface area contributed by atoms with Gasteiger partial charge in [0, 0.05) is 18.8 Å². The van der Waals surface area contributed by atoms with Crippen molar-refractivity contribution in [1.82, 2.24) is 0 Å². The van der Waals surface area contributed by atoms with E-state index in [0.717, 1.165) is 17.9 Å². The van der Waals surface area contributed by atoms with Crippen LogP contribution in [0.15, 0.2) is 54.6 Å². The predicted molar refractivity (Wildman–Crippen MR) is 102 cm³/mol. The molecule has 3 nitrogen and oxygen atoms in total. The summed E-state index contributed by atoms with van der Waals surface area (Å²) >= 11 is 5.74. The standard InChI is InChI=1S/C21H22ClNO2/c22-14-8-2-7-13-21(16-24)17-25-20-12-6-5-11-19(20)23(21)15-18-9-3-1-4-10-18/h1,3-6,9-12,24H,2,8,14-17H2/t21-/m1/s1. The van der Waals surface area contributed by atoms with Crippen LogP contribution in [0.3, 0.4) is 0 Å². The minimum absolute atomic E-state index is 0.0952. The molecule has 0 aliphatic carbocycles. The molecule has 3 rings (SSSR count). The summed E-state index contributed by atoms with van der Waals surface area (Å²) in [5.41, 5.74) is 1.37. The van der Waals surface area contributed by atoms with E-state index in [1.807, 2.05) is 42.5 Å². The SMILES string of the molecule is OC[C@]1(C#CCCCCl)COc2ccccc2N1Cc1ccccc1. The molecule has 1 heterocycles. The number of aliphatic hydroxyl groups excluding tert-OH is 1. The lowest BCUT2D eigenvalue weighted by Crippen LogP contribution is -2.57. The van der Waals surface area contributed by atoms with Crippen molar-refractivity contribution in [2.75, 3.05) is 24.0 Å². The number of aliphatic hydroxyl groups is 1. The number of hydrogen-bond acceptors (Lipinski definition) is 3. The Labute approximate surface area is 154 Å². The zero-order valence-electron chi connectivity index (χ0n) is 14.1. The van der Waals surface area contributed by atoms with Crippen molar-refractivity contribution in [3.63, 3.8) is 0 Å². The van der Waals surface area contributed by atoms with Gasteiger partial charge >= 0.3 is 0 Å². The summed E-state index contributed by atoms with van der Waals surface area (Å²) in [4.78, 5) is 2.16. The number of hydrogen-bond donors (Lipinski definition) is 1. The molecule has 0 amide bonds. The van der Waals surface area contributed by atoms with Gasteiger partial charge in [0.15, 0.2) is 5.54 Å². The number of halogens is 1. The van der Waals surface area contributed by atoms with Gasteiger partial charge in [-0.2, -0.15) is 0 Å². The van der Waals surface area contributed by atoms with Crippen LogP contribution in [0.4, 0.5) is 5.69 Å². The van der Waals surface area contributed by atoms with Gasteiger partial charge in [0.1, 0.15) is 12.4 Å². The molecule has 1 N–H and O–H groups in total. The molecule has 2 aromatic carbocycles. The number of unbranched alkanes of at least 4 members (excludes halogenated alkanes) is 1. The van der Waals surface area contributed by atoms with Crippen molar-refractivity contribution in [2.45, 2.75) is 24.9 Å². The summed E-state index contributed by atoms with van der Waals surface area (Å²) in [6.07, 6.45) is 1.55. The third-order valence-electron chi connectivity index (χ3n) is 4.34. The number of nitrogens with zero attached hydrogens (tertiary/aromatic N) is 1. The van der Waals surface area contributed by atoms with E-state index in [9.17, 15) is 5.11 Å². The quantitative estimate of drug-likeness (QED) is 0.502. The van der Waals surface area contributed by atoms with Crippen LogP contribution in [0.2, 0.25) is 0 Å². The first kappa shape index (κ1) is 17.7. The zero-order valence-corrected chi connectivity index (χ0v) is 14.9. The normalized spacial score (nSPS) is 18.7. The van der Waals surface area contributed by atoms with Crippen molar-refractivity contribution in [2.24, 2.45) is 0 Å². The smallest absolute Gasteiger partial charge is 0.159 e. The number of alkyl halides is 1. The van der Waals surface area contributed by atoms with Crippen molar-refractivity contribution in [3.8, 4) is 17.6 Å². The number of para-hydroxylation sites is 2. The van der Waals surface area contributed by atoms with Crippen LogP contribution in [-0.4, -0.2) is 29.7 Å². The second-order valence-electron chi connectivity index (χ2n) is 6.11. The van der Waals surface area contributed by atoms with Crippen molar-refractivity contribution in [1.29, 1.82) is 0 Å². The fourth-order valence-electron chi connectivity index (χ4n) is 2.97. The van der Waals surface area contributed by atoms with Crippen LogP contribution in [0, 0.1) is 11.8 Å². The maximum atomic E-state index is 10.2. The van der Waals surface area contributed by atoms with E-state index in [1.54, 1.807) is 0 Å². The second-order valence-corrected chi connectivity index (χ2v) is 6.49. The Morgan fingerprint density at radius 1 is 1.12 bits per heavy atom. The van der Waals surface area contributed by atoms with E-state index < -0.39 is 5.54 Å². The molecule has 0 fully saturated rings. The summed E-state index contributed by atoms with van der Waals surface area (Å²) in [5, 5.41) is 10.2. The highest BCUT2D eigenvalue weighted by molar-refractivity contribution is 6.17. The van der Waals surface area contributed by atoms with E-state index in [4.69, 9.17) is 16.3 Å². The van der Waals surface area contributed by atoms with Crippen LogP contribution < -0.4 is 9.64 Å². The summed E-state index contributed by atoms with van der Waals surface area (Å²) in [6.45, 7) is 0.898. The third kappa shape index (κ3) is 3.92. The predicted octanol–water partition coefficient (Wildman–Crippen LogP) is 3.84. The molecular weight excluding hydrogens is 334 g/mol. The monoisotopic (exact) mass is 355 g/mol. The molecule has 0 spiro atoms. The van der Waals surface area contributed by atoms with E-state index in [0.29, 0.717) is 25.5 Å². The molecule has 0 saturated heterocycles. The fourth-order valence-corrected chi connectivity index (χ4v) is 3.10. The number of fused-ring (bicyclic) bond motifs is 1. The molecule has 0 radical (unpaired) electrons. The first-order chi connectivity index (χ1) is 12.3. The maximum absolute atomic E-state index is 10.2. The summed E-state index contributed by atoms with van der Waals surface area (Å²) in [5.74, 6) is 7.87. The Morgan fingerprint density at radius 3 is 2.64 bits per heavy atom. The van der Waals surface area contributed by atoms with Crippen LogP contribution in [0.1, 0.15) is 18.4 Å². The summed E-state index contributed by atoms with van der Waals surface area (Å²) in [7, 11) is 0. The van der Waals surface area contributed by atoms with Crippen LogP contribution in [0.25, 0.3) is 0 Å². The zero-order chi connectivity index (χ0) is 17.5. The van der Waals surface area contributed by atoms with Crippen molar-refractivity contribution < 1.29 is 9.84 Å². The molecule has 0 aromatic heterocycles. The number of rotatable bonds is 5. The van der Waals surface area contributed by atoms with Crippen LogP contribution in [-0.2, 0) is 6.54 Å². The molecule has 25 heavy (non-hydrogen) atoms. The lowest BCUT2D eigenvalue weighted by molar-refractivity contribution is 0.148. The van der Waals surface area contributed by atoms with Crippen LogP contribution >= 0.6 is 11.6 Å². The highest BCUT2D eigenvalue weighted by Gasteiger charge is 2.40. The average molecular weight is 356 g/mol. The van der Waals surface area contributed by atoms with E-state index in [1.165, 1.54) is 5.56 Å². The topological polar surface area (TPSA) is 32.7 Å². The van der Waals surface area contributed by atoms with Gasteiger partial charge in [-0.1, -0.05) is 48.4 Å². The Kier molecular flexibility index (Phi) is 5.86. The number of ether oxygens (including phenoxy) is 1. The Hall–Kier alpha value is -2.15. The minimum atomic E-state index is -0.753. The number of anilines is 1. The highest BCUT2D eigenvalue weighted by atomic mass is 35.5. The molecule has 0 unspecified atom stereocenters. The molecule has 1 aliphatic rings. The first-order valence-corrected chi connectivity index (χ1v) is 9.03. The number of benzene rings is 2. The largest absolute Gasteiger partial charge is 0.488 e. The average Bonchev–Trinajstić information content (AvgIpc) is 2.67. The van der Waals surface area contributed by atoms with E-state index in [2.05, 4.69) is 28.9 Å². The summed E-state index contributed by atoms with van der Waals surface area (Å²) in [6, 6.07) is 18.1. The minimum Gasteiger partial charge on any atom is -0.488 e. The van der Waals surface area contributed by atoms with E-state index >= 15 is 0 Å². The highest BCUT2D eigenvalue weighted by Crippen LogP contribution is 2.38. The molecule has 1 atom stereocenters. The Bertz CT molecular complexity index is 753. The molecule has 4 heteroatoms. The molecular formula is C21H22ClNO2. The second kappa shape index (κ2) is 8.29. The van der Waals surface area contributed by atoms with Gasteiger partial charge < -0.3 is 14.7 Å².